The summed E-state index contributed by atoms with van der Waals surface area (Å²) in [5.41, 5.74) is 1.49. The molecule has 1 aliphatic rings. The molecular formula is C17H16ClNO5. The molecule has 24 heavy (non-hydrogen) atoms. The van der Waals surface area contributed by atoms with Gasteiger partial charge in [-0.05, 0) is 36.2 Å². The Morgan fingerprint density at radius 3 is 2.83 bits per heavy atom. The fraction of sp³-hybridized carbons (Fsp3) is 0.294. The Hall–Kier alpha value is -2.47. The molecular weight excluding hydrogens is 334 g/mol. The van der Waals surface area contributed by atoms with E-state index in [-0.39, 0.29) is 18.0 Å². The molecule has 0 saturated carbocycles. The topological polar surface area (TPSA) is 70.8 Å². The highest BCUT2D eigenvalue weighted by Gasteiger charge is 2.18. The van der Waals surface area contributed by atoms with Gasteiger partial charge in [-0.25, -0.2) is 0 Å². The van der Waals surface area contributed by atoms with Gasteiger partial charge in [0.15, 0.2) is 17.2 Å². The molecule has 2 aromatic carbocycles. The van der Waals surface area contributed by atoms with E-state index in [0.29, 0.717) is 29.7 Å². The number of nitro groups is 1. The summed E-state index contributed by atoms with van der Waals surface area (Å²) in [7, 11) is 0. The maximum absolute atomic E-state index is 11.1. The molecule has 0 saturated heterocycles. The highest BCUT2D eigenvalue weighted by Crippen LogP contribution is 2.38. The summed E-state index contributed by atoms with van der Waals surface area (Å²) in [5.74, 6) is 1.31. The summed E-state index contributed by atoms with van der Waals surface area (Å²) in [5, 5.41) is 11.6. The van der Waals surface area contributed by atoms with Crippen molar-refractivity contribution in [2.24, 2.45) is 0 Å². The van der Waals surface area contributed by atoms with Gasteiger partial charge >= 0.3 is 5.69 Å². The van der Waals surface area contributed by atoms with Crippen LogP contribution in [0.1, 0.15) is 17.5 Å². The minimum absolute atomic E-state index is 0.0598. The van der Waals surface area contributed by atoms with Crippen LogP contribution in [0.4, 0.5) is 5.69 Å². The van der Waals surface area contributed by atoms with Crippen LogP contribution in [0.3, 0.4) is 0 Å². The molecule has 3 rings (SSSR count). The van der Waals surface area contributed by atoms with Crippen LogP contribution in [0.25, 0.3) is 0 Å². The lowest BCUT2D eigenvalue weighted by Crippen LogP contribution is -2.01. The van der Waals surface area contributed by atoms with Gasteiger partial charge in [-0.2, -0.15) is 0 Å². The van der Waals surface area contributed by atoms with Crippen molar-refractivity contribution < 1.29 is 19.1 Å². The van der Waals surface area contributed by atoms with Crippen molar-refractivity contribution in [2.45, 2.75) is 20.0 Å². The Balaban J connectivity index is 1.82. The van der Waals surface area contributed by atoms with E-state index < -0.39 is 4.92 Å². The fourth-order valence-electron chi connectivity index (χ4n) is 2.42. The number of nitro benzene ring substituents is 1. The van der Waals surface area contributed by atoms with Crippen LogP contribution in [-0.2, 0) is 6.61 Å². The molecule has 7 heteroatoms. The molecule has 0 fully saturated rings. The Kier molecular flexibility index (Phi) is 4.76. The molecule has 0 aliphatic carbocycles. The zero-order valence-electron chi connectivity index (χ0n) is 13.1. The van der Waals surface area contributed by atoms with Gasteiger partial charge < -0.3 is 14.2 Å². The standard InChI is InChI=1S/C17H16ClNO5/c1-11-3-4-15(14(7-11)19(20)21)24-10-12-8-13(18)17-16(9-12)22-5-2-6-23-17/h3-4,7-9H,2,5-6,10H2,1H3. The first-order chi connectivity index (χ1) is 11.5. The van der Waals surface area contributed by atoms with Gasteiger partial charge in [-0.1, -0.05) is 17.7 Å². The number of hydrogen-bond acceptors (Lipinski definition) is 5. The van der Waals surface area contributed by atoms with Crippen LogP contribution >= 0.6 is 11.6 Å². The maximum atomic E-state index is 11.1. The number of nitrogens with zero attached hydrogens (tertiary/aromatic N) is 1. The molecule has 1 heterocycles. The SMILES string of the molecule is Cc1ccc(OCc2cc(Cl)c3c(c2)OCCCO3)c([N+](=O)[O-])c1. The smallest absolute Gasteiger partial charge is 0.311 e. The second-order valence-corrected chi connectivity index (χ2v) is 5.88. The van der Waals surface area contributed by atoms with E-state index in [1.165, 1.54) is 6.07 Å². The van der Waals surface area contributed by atoms with Gasteiger partial charge in [0, 0.05) is 12.5 Å². The fourth-order valence-corrected chi connectivity index (χ4v) is 2.71. The normalized spacial score (nSPS) is 13.2. The molecule has 0 amide bonds. The lowest BCUT2D eigenvalue weighted by atomic mass is 10.2. The third-order valence-corrected chi connectivity index (χ3v) is 3.85. The third kappa shape index (κ3) is 3.54. The molecule has 0 unspecified atom stereocenters. The molecule has 0 N–H and O–H groups in total. The van der Waals surface area contributed by atoms with Crippen LogP contribution in [0, 0.1) is 17.0 Å². The zero-order valence-corrected chi connectivity index (χ0v) is 13.8. The quantitative estimate of drug-likeness (QED) is 0.608. The van der Waals surface area contributed by atoms with E-state index in [1.54, 1.807) is 31.2 Å². The zero-order chi connectivity index (χ0) is 17.1. The molecule has 0 atom stereocenters. The predicted octanol–water partition coefficient (Wildman–Crippen LogP) is 4.30. The number of benzene rings is 2. The molecule has 0 radical (unpaired) electrons. The summed E-state index contributed by atoms with van der Waals surface area (Å²) in [6, 6.07) is 8.35. The molecule has 0 spiro atoms. The van der Waals surface area contributed by atoms with Crippen molar-refractivity contribution in [3.05, 3.63) is 56.6 Å². The van der Waals surface area contributed by atoms with E-state index in [9.17, 15) is 10.1 Å². The number of rotatable bonds is 4. The van der Waals surface area contributed by atoms with Crippen LogP contribution in [0.2, 0.25) is 5.02 Å². The van der Waals surface area contributed by atoms with E-state index in [4.69, 9.17) is 25.8 Å². The highest BCUT2D eigenvalue weighted by molar-refractivity contribution is 6.32. The monoisotopic (exact) mass is 349 g/mol. The van der Waals surface area contributed by atoms with Crippen LogP contribution in [0.5, 0.6) is 17.2 Å². The summed E-state index contributed by atoms with van der Waals surface area (Å²) >= 11 is 6.24. The molecule has 6 nitrogen and oxygen atoms in total. The highest BCUT2D eigenvalue weighted by atomic mass is 35.5. The van der Waals surface area contributed by atoms with Gasteiger partial charge in [-0.15, -0.1) is 0 Å². The molecule has 2 aromatic rings. The summed E-state index contributed by atoms with van der Waals surface area (Å²) in [6.07, 6.45) is 0.784. The number of ether oxygens (including phenoxy) is 3. The van der Waals surface area contributed by atoms with E-state index in [1.807, 2.05) is 0 Å². The van der Waals surface area contributed by atoms with E-state index in [0.717, 1.165) is 17.5 Å². The van der Waals surface area contributed by atoms with Crippen molar-refractivity contribution in [1.29, 1.82) is 0 Å². The lowest BCUT2D eigenvalue weighted by Gasteiger charge is -2.12. The van der Waals surface area contributed by atoms with Gasteiger partial charge in [-0.3, -0.25) is 10.1 Å². The number of halogens is 1. The minimum Gasteiger partial charge on any atom is -0.489 e. The molecule has 126 valence electrons. The number of hydrogen-bond donors (Lipinski definition) is 0. The van der Waals surface area contributed by atoms with Crippen LogP contribution in [0.15, 0.2) is 30.3 Å². The lowest BCUT2D eigenvalue weighted by molar-refractivity contribution is -0.386. The first-order valence-corrected chi connectivity index (χ1v) is 7.88. The van der Waals surface area contributed by atoms with Gasteiger partial charge in [0.1, 0.15) is 6.61 Å². The van der Waals surface area contributed by atoms with E-state index >= 15 is 0 Å². The Bertz CT molecular complexity index is 778. The Labute approximate surface area is 144 Å². The van der Waals surface area contributed by atoms with Crippen LogP contribution < -0.4 is 14.2 Å². The average molecular weight is 350 g/mol. The Morgan fingerprint density at radius 2 is 2.04 bits per heavy atom. The minimum atomic E-state index is -0.455. The third-order valence-electron chi connectivity index (χ3n) is 3.57. The first kappa shape index (κ1) is 16.4. The van der Waals surface area contributed by atoms with Gasteiger partial charge in [0.05, 0.1) is 23.2 Å². The van der Waals surface area contributed by atoms with Crippen molar-refractivity contribution in [2.75, 3.05) is 13.2 Å². The summed E-state index contributed by atoms with van der Waals surface area (Å²) in [4.78, 5) is 10.7. The van der Waals surface area contributed by atoms with Crippen LogP contribution in [-0.4, -0.2) is 18.1 Å². The average Bonchev–Trinajstić information content (AvgIpc) is 2.79. The van der Waals surface area contributed by atoms with E-state index in [2.05, 4.69) is 0 Å². The maximum Gasteiger partial charge on any atom is 0.311 e. The number of aryl methyl sites for hydroxylation is 1. The summed E-state index contributed by atoms with van der Waals surface area (Å²) < 4.78 is 16.8. The second-order valence-electron chi connectivity index (χ2n) is 5.47. The van der Waals surface area contributed by atoms with Crippen molar-refractivity contribution in [3.63, 3.8) is 0 Å². The second kappa shape index (κ2) is 6.97. The summed E-state index contributed by atoms with van der Waals surface area (Å²) in [6.45, 7) is 3.04. The van der Waals surface area contributed by atoms with Crippen molar-refractivity contribution in [1.82, 2.24) is 0 Å². The van der Waals surface area contributed by atoms with Crippen molar-refractivity contribution in [3.8, 4) is 17.2 Å². The number of fused-ring (bicyclic) bond motifs is 1. The predicted molar refractivity (Wildman–Crippen MR) is 89.2 cm³/mol. The van der Waals surface area contributed by atoms with Gasteiger partial charge in [0.25, 0.3) is 0 Å². The molecule has 0 aromatic heterocycles. The Morgan fingerprint density at radius 1 is 1.25 bits per heavy atom. The molecule has 0 bridgehead atoms. The van der Waals surface area contributed by atoms with Gasteiger partial charge in [0.2, 0.25) is 0 Å². The largest absolute Gasteiger partial charge is 0.489 e. The first-order valence-electron chi connectivity index (χ1n) is 7.50. The van der Waals surface area contributed by atoms with Crippen molar-refractivity contribution >= 4 is 17.3 Å². The molecule has 1 aliphatic heterocycles.